The highest BCUT2D eigenvalue weighted by molar-refractivity contribution is 6.03. The third kappa shape index (κ3) is 4.53. The molecule has 5 rings (SSSR count). The molecule has 1 N–H and O–H groups in total. The molecule has 0 saturated carbocycles. The molecular weight excluding hydrogens is 493 g/mol. The minimum absolute atomic E-state index is 0.222. The van der Waals surface area contributed by atoms with Crippen molar-refractivity contribution in [1.82, 2.24) is 29.5 Å². The molecule has 1 aromatic carbocycles. The van der Waals surface area contributed by atoms with Crippen LogP contribution in [0.15, 0.2) is 24.5 Å². The molecule has 2 aliphatic rings. The van der Waals surface area contributed by atoms with Gasteiger partial charge in [-0.25, -0.2) is 4.98 Å². The zero-order valence-electron chi connectivity index (χ0n) is 20.2. The van der Waals surface area contributed by atoms with Gasteiger partial charge in [0.05, 0.1) is 17.9 Å². The molecule has 0 spiro atoms. The number of imidazole rings is 1. The number of likely N-dealkylation sites (tertiary alicyclic amines) is 1. The lowest BCUT2D eigenvalue weighted by Crippen LogP contribution is -2.42. The highest BCUT2D eigenvalue weighted by Crippen LogP contribution is 2.36. The summed E-state index contributed by atoms with van der Waals surface area (Å²) < 4.78 is 48.9. The number of hydrogen-bond donors (Lipinski definition) is 1. The second-order valence-electron chi connectivity index (χ2n) is 9.32. The summed E-state index contributed by atoms with van der Waals surface area (Å²) in [6, 6.07) is 5.44. The standard InChI is InChI=1S/C24H25F3N6O4/c1-31-12-28-19(21(31)24(25,26)27)23(36)33-10-8-13(9-11-33)37-16-5-3-4-14-18(30-32(2)20(14)16)15-6-7-17(34)29-22(15)35/h3-5,12-13,15H,6-11H2,1-2H3,(H,29,34,35). The van der Waals surface area contributed by atoms with Gasteiger partial charge in [-0.1, -0.05) is 12.1 Å². The number of para-hydroxylation sites is 1. The molecule has 0 bridgehead atoms. The van der Waals surface area contributed by atoms with E-state index in [9.17, 15) is 27.6 Å². The molecule has 1 atom stereocenters. The molecule has 0 aliphatic carbocycles. The van der Waals surface area contributed by atoms with Crippen LogP contribution in [-0.4, -0.2) is 61.1 Å². The number of benzene rings is 1. The van der Waals surface area contributed by atoms with Crippen LogP contribution < -0.4 is 10.1 Å². The predicted molar refractivity (Wildman–Crippen MR) is 124 cm³/mol. The van der Waals surface area contributed by atoms with Crippen LogP contribution in [-0.2, 0) is 29.9 Å². The number of hydrogen-bond acceptors (Lipinski definition) is 6. The van der Waals surface area contributed by atoms with E-state index in [4.69, 9.17) is 4.74 Å². The van der Waals surface area contributed by atoms with Crippen molar-refractivity contribution in [2.24, 2.45) is 14.1 Å². The number of amides is 3. The Bertz CT molecular complexity index is 1390. The number of carbonyl (C=O) groups excluding carboxylic acids is 3. The fraction of sp³-hybridized carbons (Fsp3) is 0.458. The Hall–Kier alpha value is -3.90. The molecule has 2 fully saturated rings. The van der Waals surface area contributed by atoms with Gasteiger partial charge in [0.1, 0.15) is 17.4 Å². The number of alkyl halides is 3. The number of ether oxygens (including phenoxy) is 1. The average Bonchev–Trinajstić information content (AvgIpc) is 3.40. The van der Waals surface area contributed by atoms with E-state index in [1.54, 1.807) is 23.9 Å². The van der Waals surface area contributed by atoms with E-state index in [1.807, 2.05) is 6.07 Å². The Kier molecular flexibility index (Phi) is 6.16. The van der Waals surface area contributed by atoms with Crippen molar-refractivity contribution in [2.45, 2.75) is 43.9 Å². The third-order valence-corrected chi connectivity index (χ3v) is 6.86. The first-order valence-electron chi connectivity index (χ1n) is 11.9. The maximum absolute atomic E-state index is 13.4. The van der Waals surface area contributed by atoms with Crippen molar-refractivity contribution in [1.29, 1.82) is 0 Å². The molecule has 10 nitrogen and oxygen atoms in total. The van der Waals surface area contributed by atoms with Gasteiger partial charge in [0.25, 0.3) is 5.91 Å². The molecule has 2 aliphatic heterocycles. The van der Waals surface area contributed by atoms with Crippen LogP contribution in [0, 0.1) is 0 Å². The van der Waals surface area contributed by atoms with Crippen molar-refractivity contribution in [3.63, 3.8) is 0 Å². The van der Waals surface area contributed by atoms with Crippen molar-refractivity contribution < 1.29 is 32.3 Å². The van der Waals surface area contributed by atoms with Crippen LogP contribution in [0.4, 0.5) is 13.2 Å². The van der Waals surface area contributed by atoms with E-state index in [-0.39, 0.29) is 37.4 Å². The lowest BCUT2D eigenvalue weighted by Gasteiger charge is -2.32. The first-order valence-corrected chi connectivity index (χ1v) is 11.9. The fourth-order valence-electron chi connectivity index (χ4n) is 5.06. The zero-order valence-corrected chi connectivity index (χ0v) is 20.2. The molecular formula is C24H25F3N6O4. The summed E-state index contributed by atoms with van der Waals surface area (Å²) in [6.07, 6.45) is -2.50. The van der Waals surface area contributed by atoms with Gasteiger partial charge in [-0.2, -0.15) is 18.3 Å². The number of carbonyl (C=O) groups is 3. The van der Waals surface area contributed by atoms with E-state index in [0.717, 1.165) is 16.3 Å². The second-order valence-corrected chi connectivity index (χ2v) is 9.32. The van der Waals surface area contributed by atoms with Gasteiger partial charge in [0.2, 0.25) is 11.8 Å². The van der Waals surface area contributed by atoms with Crippen molar-refractivity contribution in [3.05, 3.63) is 41.6 Å². The van der Waals surface area contributed by atoms with Gasteiger partial charge in [-0.05, 0) is 12.5 Å². The van der Waals surface area contributed by atoms with Gasteiger partial charge < -0.3 is 14.2 Å². The smallest absolute Gasteiger partial charge is 0.433 e. The third-order valence-electron chi connectivity index (χ3n) is 6.86. The zero-order chi connectivity index (χ0) is 26.5. The topological polar surface area (TPSA) is 111 Å². The van der Waals surface area contributed by atoms with Crippen LogP contribution in [0.2, 0.25) is 0 Å². The number of aryl methyl sites for hydroxylation is 2. The van der Waals surface area contributed by atoms with E-state index in [1.165, 1.54) is 11.9 Å². The number of halogens is 3. The summed E-state index contributed by atoms with van der Waals surface area (Å²) in [5.74, 6) is -1.41. The maximum atomic E-state index is 13.4. The Balaban J connectivity index is 1.30. The Labute approximate surface area is 209 Å². The molecule has 3 aromatic rings. The minimum Gasteiger partial charge on any atom is -0.488 e. The van der Waals surface area contributed by atoms with Gasteiger partial charge in [-0.15, -0.1) is 0 Å². The summed E-state index contributed by atoms with van der Waals surface area (Å²) in [5.41, 5.74) is -0.395. The first-order chi connectivity index (χ1) is 17.5. The van der Waals surface area contributed by atoms with Crippen molar-refractivity contribution >= 4 is 28.6 Å². The summed E-state index contributed by atoms with van der Waals surface area (Å²) in [4.78, 5) is 41.8. The van der Waals surface area contributed by atoms with E-state index in [0.29, 0.717) is 36.2 Å². The van der Waals surface area contributed by atoms with Gasteiger partial charge in [0, 0.05) is 51.8 Å². The summed E-state index contributed by atoms with van der Waals surface area (Å²) in [5, 5.41) is 7.66. The number of nitrogens with one attached hydrogen (secondary N) is 1. The summed E-state index contributed by atoms with van der Waals surface area (Å²) in [7, 11) is 2.95. The summed E-state index contributed by atoms with van der Waals surface area (Å²) in [6.45, 7) is 0.445. The molecule has 2 aromatic heterocycles. The highest BCUT2D eigenvalue weighted by Gasteiger charge is 2.41. The minimum atomic E-state index is -4.69. The lowest BCUT2D eigenvalue weighted by molar-refractivity contribution is -0.143. The normalized spacial score (nSPS) is 19.4. The molecule has 2 saturated heterocycles. The Morgan fingerprint density at radius 3 is 2.54 bits per heavy atom. The number of rotatable bonds is 4. The first kappa shape index (κ1) is 24.8. The van der Waals surface area contributed by atoms with Crippen LogP contribution in [0.25, 0.3) is 10.9 Å². The van der Waals surface area contributed by atoms with Crippen LogP contribution in [0.1, 0.15) is 53.5 Å². The van der Waals surface area contributed by atoms with E-state index < -0.39 is 29.4 Å². The van der Waals surface area contributed by atoms with Crippen LogP contribution >= 0.6 is 0 Å². The summed E-state index contributed by atoms with van der Waals surface area (Å²) >= 11 is 0. The van der Waals surface area contributed by atoms with Crippen LogP contribution in [0.5, 0.6) is 5.75 Å². The highest BCUT2D eigenvalue weighted by atomic mass is 19.4. The largest absolute Gasteiger partial charge is 0.488 e. The molecule has 13 heteroatoms. The second kappa shape index (κ2) is 9.20. The molecule has 196 valence electrons. The quantitative estimate of drug-likeness (QED) is 0.532. The monoisotopic (exact) mass is 518 g/mol. The number of fused-ring (bicyclic) bond motifs is 1. The molecule has 37 heavy (non-hydrogen) atoms. The maximum Gasteiger partial charge on any atom is 0.433 e. The predicted octanol–water partition coefficient (Wildman–Crippen LogP) is 2.53. The van der Waals surface area contributed by atoms with Crippen molar-refractivity contribution in [3.8, 4) is 5.75 Å². The number of nitrogens with zero attached hydrogens (tertiary/aromatic N) is 5. The number of piperidine rings is 2. The fourth-order valence-corrected chi connectivity index (χ4v) is 5.06. The van der Waals surface area contributed by atoms with Gasteiger partial charge in [0.15, 0.2) is 11.4 Å². The van der Waals surface area contributed by atoms with E-state index in [2.05, 4.69) is 15.4 Å². The van der Waals surface area contributed by atoms with Crippen molar-refractivity contribution in [2.75, 3.05) is 13.1 Å². The van der Waals surface area contributed by atoms with E-state index >= 15 is 0 Å². The molecule has 4 heterocycles. The molecule has 0 radical (unpaired) electrons. The molecule has 3 amide bonds. The Morgan fingerprint density at radius 1 is 1.14 bits per heavy atom. The number of aromatic nitrogens is 4. The van der Waals surface area contributed by atoms with Gasteiger partial charge in [-0.3, -0.25) is 24.4 Å². The lowest BCUT2D eigenvalue weighted by atomic mass is 9.93. The molecule has 1 unspecified atom stereocenters. The van der Waals surface area contributed by atoms with Crippen LogP contribution in [0.3, 0.4) is 0 Å². The number of imide groups is 1. The average molecular weight is 518 g/mol. The Morgan fingerprint density at radius 2 is 1.86 bits per heavy atom. The van der Waals surface area contributed by atoms with Gasteiger partial charge >= 0.3 is 6.18 Å². The SMILES string of the molecule is Cn1cnc(C(=O)N2CCC(Oc3cccc4c(C5CCC(=O)NC5=O)nn(C)c34)CC2)c1C(F)(F)F.